The second-order valence-electron chi connectivity index (χ2n) is 5.59. The first-order valence-electron chi connectivity index (χ1n) is 7.11. The van der Waals surface area contributed by atoms with Crippen LogP contribution in [-0.4, -0.2) is 7.05 Å². The highest BCUT2D eigenvalue weighted by Gasteiger charge is 2.17. The Kier molecular flexibility index (Phi) is 4.73. The van der Waals surface area contributed by atoms with Crippen molar-refractivity contribution in [3.8, 4) is 0 Å². The van der Waals surface area contributed by atoms with Crippen LogP contribution >= 0.6 is 0 Å². The van der Waals surface area contributed by atoms with Crippen molar-refractivity contribution in [2.45, 2.75) is 33.2 Å². The van der Waals surface area contributed by atoms with Crippen molar-refractivity contribution in [3.63, 3.8) is 0 Å². The van der Waals surface area contributed by atoms with Crippen molar-refractivity contribution >= 4 is 0 Å². The molecule has 1 N–H and O–H groups in total. The molecule has 1 nitrogen and oxygen atoms in total. The first-order valence-corrected chi connectivity index (χ1v) is 7.11. The van der Waals surface area contributed by atoms with Gasteiger partial charge in [-0.05, 0) is 62.6 Å². The lowest BCUT2D eigenvalue weighted by molar-refractivity contribution is 0.519. The molecule has 1 atom stereocenters. The van der Waals surface area contributed by atoms with Gasteiger partial charge in [-0.25, -0.2) is 8.78 Å². The molecule has 0 radical (unpaired) electrons. The molecule has 3 heteroatoms. The summed E-state index contributed by atoms with van der Waals surface area (Å²) >= 11 is 0. The third kappa shape index (κ3) is 3.48. The van der Waals surface area contributed by atoms with Gasteiger partial charge in [0.05, 0.1) is 0 Å². The predicted octanol–water partition coefficient (Wildman–Crippen LogP) is 4.39. The molecule has 0 heterocycles. The molecule has 0 saturated heterocycles. The van der Waals surface area contributed by atoms with E-state index in [1.807, 2.05) is 0 Å². The van der Waals surface area contributed by atoms with E-state index in [4.69, 9.17) is 0 Å². The molecule has 0 aliphatic rings. The van der Waals surface area contributed by atoms with E-state index in [9.17, 15) is 8.78 Å². The minimum absolute atomic E-state index is 0.175. The van der Waals surface area contributed by atoms with Gasteiger partial charge in [0, 0.05) is 17.7 Å². The first kappa shape index (κ1) is 15.6. The summed E-state index contributed by atoms with van der Waals surface area (Å²) in [6.45, 7) is 5.79. The van der Waals surface area contributed by atoms with E-state index in [0.717, 1.165) is 11.6 Å². The van der Waals surface area contributed by atoms with E-state index in [2.05, 4.69) is 37.4 Å². The number of rotatable bonds is 4. The highest BCUT2D eigenvalue weighted by Crippen LogP contribution is 2.24. The molecular weight excluding hydrogens is 268 g/mol. The van der Waals surface area contributed by atoms with Gasteiger partial charge in [0.15, 0.2) is 0 Å². The molecule has 2 aromatic carbocycles. The number of likely N-dealkylation sites (N-methyl/N-ethyl adjacent to an activating group) is 1. The summed E-state index contributed by atoms with van der Waals surface area (Å²) in [5.74, 6) is -1.00. The Labute approximate surface area is 125 Å². The molecule has 0 aromatic heterocycles. The van der Waals surface area contributed by atoms with Crippen LogP contribution in [0.2, 0.25) is 0 Å². The highest BCUT2D eigenvalue weighted by molar-refractivity contribution is 5.33. The summed E-state index contributed by atoms with van der Waals surface area (Å²) < 4.78 is 27.4. The molecule has 0 aliphatic heterocycles. The molecular formula is C18H21F2N. The zero-order valence-corrected chi connectivity index (χ0v) is 12.9. The summed E-state index contributed by atoms with van der Waals surface area (Å²) in [4.78, 5) is 0. The Morgan fingerprint density at radius 2 is 1.62 bits per heavy atom. The normalized spacial score (nSPS) is 12.5. The van der Waals surface area contributed by atoms with Crippen LogP contribution in [0.5, 0.6) is 0 Å². The van der Waals surface area contributed by atoms with Crippen molar-refractivity contribution in [1.29, 1.82) is 0 Å². The Morgan fingerprint density at radius 1 is 0.905 bits per heavy atom. The van der Waals surface area contributed by atoms with E-state index >= 15 is 0 Å². The monoisotopic (exact) mass is 289 g/mol. The summed E-state index contributed by atoms with van der Waals surface area (Å²) in [5, 5.41) is 3.13. The number of benzene rings is 2. The quantitative estimate of drug-likeness (QED) is 0.880. The molecule has 0 bridgehead atoms. The number of hydrogen-bond donors (Lipinski definition) is 1. The van der Waals surface area contributed by atoms with Crippen LogP contribution < -0.4 is 5.32 Å². The summed E-state index contributed by atoms with van der Waals surface area (Å²) in [7, 11) is 1.80. The van der Waals surface area contributed by atoms with E-state index in [-0.39, 0.29) is 6.04 Å². The lowest BCUT2D eigenvalue weighted by atomic mass is 9.95. The molecule has 1 unspecified atom stereocenters. The Hall–Kier alpha value is -1.74. The predicted molar refractivity (Wildman–Crippen MR) is 82.5 cm³/mol. The van der Waals surface area contributed by atoms with Crippen LogP contribution in [0.4, 0.5) is 8.78 Å². The molecule has 21 heavy (non-hydrogen) atoms. The average Bonchev–Trinajstić information content (AvgIpc) is 2.44. The SMILES string of the molecule is CNC(Cc1ccc(C)c(C)c1)c1cc(C)c(F)cc1F. The molecule has 0 spiro atoms. The van der Waals surface area contributed by atoms with Crippen molar-refractivity contribution < 1.29 is 8.78 Å². The summed E-state index contributed by atoms with van der Waals surface area (Å²) in [5.41, 5.74) is 4.57. The second kappa shape index (κ2) is 6.35. The molecule has 2 rings (SSSR count). The van der Waals surface area contributed by atoms with Crippen LogP contribution in [0.25, 0.3) is 0 Å². The fourth-order valence-electron chi connectivity index (χ4n) is 2.48. The lowest BCUT2D eigenvalue weighted by Crippen LogP contribution is -2.20. The van der Waals surface area contributed by atoms with E-state index in [1.165, 1.54) is 11.1 Å². The fraction of sp³-hybridized carbons (Fsp3) is 0.333. The summed E-state index contributed by atoms with van der Waals surface area (Å²) in [6, 6.07) is 8.63. The third-order valence-corrected chi connectivity index (χ3v) is 4.01. The van der Waals surface area contributed by atoms with Gasteiger partial charge in [-0.1, -0.05) is 18.2 Å². The van der Waals surface area contributed by atoms with E-state index < -0.39 is 11.6 Å². The van der Waals surface area contributed by atoms with Gasteiger partial charge < -0.3 is 5.32 Å². The van der Waals surface area contributed by atoms with Gasteiger partial charge in [0.2, 0.25) is 0 Å². The van der Waals surface area contributed by atoms with Gasteiger partial charge in [0.25, 0.3) is 0 Å². The highest BCUT2D eigenvalue weighted by atomic mass is 19.1. The smallest absolute Gasteiger partial charge is 0.130 e. The van der Waals surface area contributed by atoms with E-state index in [0.29, 0.717) is 17.5 Å². The zero-order valence-electron chi connectivity index (χ0n) is 12.9. The van der Waals surface area contributed by atoms with Gasteiger partial charge in [-0.15, -0.1) is 0 Å². The number of nitrogens with one attached hydrogen (secondary N) is 1. The molecule has 112 valence electrons. The van der Waals surface area contributed by atoms with Crippen LogP contribution in [0.1, 0.15) is 33.9 Å². The molecule has 2 aromatic rings. The van der Waals surface area contributed by atoms with Crippen molar-refractivity contribution in [2.24, 2.45) is 0 Å². The Balaban J connectivity index is 2.31. The molecule has 0 saturated carbocycles. The maximum Gasteiger partial charge on any atom is 0.130 e. The zero-order chi connectivity index (χ0) is 15.6. The summed E-state index contributed by atoms with van der Waals surface area (Å²) in [6.07, 6.45) is 0.666. The van der Waals surface area contributed by atoms with Crippen molar-refractivity contribution in [1.82, 2.24) is 5.32 Å². The van der Waals surface area contributed by atoms with E-state index in [1.54, 1.807) is 20.0 Å². The van der Waals surface area contributed by atoms with Gasteiger partial charge >= 0.3 is 0 Å². The van der Waals surface area contributed by atoms with Crippen LogP contribution in [-0.2, 0) is 6.42 Å². The Bertz CT molecular complexity index is 650. The number of hydrogen-bond acceptors (Lipinski definition) is 1. The van der Waals surface area contributed by atoms with Gasteiger partial charge in [-0.2, -0.15) is 0 Å². The fourth-order valence-corrected chi connectivity index (χ4v) is 2.48. The van der Waals surface area contributed by atoms with Crippen LogP contribution in [0, 0.1) is 32.4 Å². The minimum Gasteiger partial charge on any atom is -0.313 e. The minimum atomic E-state index is -0.503. The second-order valence-corrected chi connectivity index (χ2v) is 5.59. The standard InChI is InChI=1S/C18H21F2N/c1-11-5-6-14(7-12(11)2)9-18(21-4)15-8-13(3)16(19)10-17(15)20/h5-8,10,18,21H,9H2,1-4H3. The molecule has 0 amide bonds. The van der Waals surface area contributed by atoms with Crippen LogP contribution in [0.15, 0.2) is 30.3 Å². The van der Waals surface area contributed by atoms with Gasteiger partial charge in [-0.3, -0.25) is 0 Å². The lowest BCUT2D eigenvalue weighted by Gasteiger charge is -2.19. The maximum atomic E-state index is 14.0. The number of aryl methyl sites for hydroxylation is 3. The maximum absolute atomic E-state index is 14.0. The van der Waals surface area contributed by atoms with Crippen molar-refractivity contribution in [2.75, 3.05) is 7.05 Å². The average molecular weight is 289 g/mol. The Morgan fingerprint density at radius 3 is 2.24 bits per heavy atom. The topological polar surface area (TPSA) is 12.0 Å². The van der Waals surface area contributed by atoms with Gasteiger partial charge in [0.1, 0.15) is 11.6 Å². The number of halogens is 2. The van der Waals surface area contributed by atoms with Crippen LogP contribution in [0.3, 0.4) is 0 Å². The first-order chi connectivity index (χ1) is 9.92. The molecule has 0 aliphatic carbocycles. The van der Waals surface area contributed by atoms with Crippen molar-refractivity contribution in [3.05, 3.63) is 69.8 Å². The largest absolute Gasteiger partial charge is 0.313 e. The molecule has 0 fully saturated rings. The third-order valence-electron chi connectivity index (χ3n) is 4.01.